The van der Waals surface area contributed by atoms with Gasteiger partial charge in [0.15, 0.2) is 0 Å². The van der Waals surface area contributed by atoms with E-state index in [2.05, 4.69) is 20.7 Å². The predicted octanol–water partition coefficient (Wildman–Crippen LogP) is 4.01. The molecule has 0 unspecified atom stereocenters. The van der Waals surface area contributed by atoms with Crippen molar-refractivity contribution < 1.29 is 8.42 Å². The van der Waals surface area contributed by atoms with E-state index in [1.165, 1.54) is 0 Å². The van der Waals surface area contributed by atoms with Gasteiger partial charge in [-0.2, -0.15) is 0 Å². The summed E-state index contributed by atoms with van der Waals surface area (Å²) in [5, 5.41) is 0.716. The van der Waals surface area contributed by atoms with Crippen molar-refractivity contribution in [2.45, 2.75) is 17.7 Å². The monoisotopic (exact) mass is 387 g/mol. The van der Waals surface area contributed by atoms with Crippen LogP contribution in [0.4, 0.5) is 0 Å². The molecule has 0 spiro atoms. The van der Waals surface area contributed by atoms with Crippen molar-refractivity contribution in [3.63, 3.8) is 0 Å². The van der Waals surface area contributed by atoms with Gasteiger partial charge in [0.05, 0.1) is 4.90 Å². The van der Waals surface area contributed by atoms with E-state index in [-0.39, 0.29) is 4.90 Å². The van der Waals surface area contributed by atoms with E-state index in [0.717, 1.165) is 16.5 Å². The predicted molar refractivity (Wildman–Crippen MR) is 89.1 cm³/mol. The van der Waals surface area contributed by atoms with Crippen LogP contribution in [-0.2, 0) is 16.4 Å². The highest BCUT2D eigenvalue weighted by Gasteiger charge is 2.12. The SMILES string of the molecule is O=S(=O)(NCCCc1ccccc1Cl)c1ccc(Br)cc1. The zero-order valence-corrected chi connectivity index (χ0v) is 14.4. The third-order valence-electron chi connectivity index (χ3n) is 3.00. The molecule has 0 radical (unpaired) electrons. The smallest absolute Gasteiger partial charge is 0.211 e. The van der Waals surface area contributed by atoms with Crippen molar-refractivity contribution in [3.8, 4) is 0 Å². The van der Waals surface area contributed by atoms with Crippen molar-refractivity contribution in [1.29, 1.82) is 0 Å². The third kappa shape index (κ3) is 4.81. The van der Waals surface area contributed by atoms with Crippen molar-refractivity contribution in [2.24, 2.45) is 0 Å². The largest absolute Gasteiger partial charge is 0.240 e. The van der Waals surface area contributed by atoms with Gasteiger partial charge in [0.2, 0.25) is 10.0 Å². The molecule has 2 aromatic carbocycles. The standard InChI is InChI=1S/C15H15BrClNO2S/c16-13-7-9-14(10-8-13)21(19,20)18-11-3-5-12-4-1-2-6-15(12)17/h1-2,4,6-10,18H,3,5,11H2. The minimum absolute atomic E-state index is 0.267. The topological polar surface area (TPSA) is 46.2 Å². The lowest BCUT2D eigenvalue weighted by Gasteiger charge is -2.07. The summed E-state index contributed by atoms with van der Waals surface area (Å²) in [6.07, 6.45) is 1.43. The van der Waals surface area contributed by atoms with Gasteiger partial charge in [-0.1, -0.05) is 45.7 Å². The Kier molecular flexibility index (Phi) is 5.81. The van der Waals surface area contributed by atoms with Gasteiger partial charge in [-0.05, 0) is 48.7 Å². The van der Waals surface area contributed by atoms with Crippen LogP contribution < -0.4 is 4.72 Å². The van der Waals surface area contributed by atoms with Crippen LogP contribution in [0.25, 0.3) is 0 Å². The van der Waals surface area contributed by atoms with Crippen LogP contribution in [0.2, 0.25) is 5.02 Å². The zero-order chi connectivity index (χ0) is 15.3. The second kappa shape index (κ2) is 7.40. The fraction of sp³-hybridized carbons (Fsp3) is 0.200. The quantitative estimate of drug-likeness (QED) is 0.760. The molecule has 0 atom stereocenters. The number of nitrogens with one attached hydrogen (secondary N) is 1. The van der Waals surface area contributed by atoms with Gasteiger partial charge < -0.3 is 0 Å². The van der Waals surface area contributed by atoms with E-state index in [4.69, 9.17) is 11.6 Å². The van der Waals surface area contributed by atoms with Crippen LogP contribution in [-0.4, -0.2) is 15.0 Å². The number of hydrogen-bond donors (Lipinski definition) is 1. The number of aryl methyl sites for hydroxylation is 1. The van der Waals surface area contributed by atoms with Crippen LogP contribution in [0.1, 0.15) is 12.0 Å². The van der Waals surface area contributed by atoms with Crippen molar-refractivity contribution >= 4 is 37.6 Å². The van der Waals surface area contributed by atoms with Crippen molar-refractivity contribution in [1.82, 2.24) is 4.72 Å². The van der Waals surface area contributed by atoms with Crippen LogP contribution in [0.15, 0.2) is 57.9 Å². The van der Waals surface area contributed by atoms with Gasteiger partial charge >= 0.3 is 0 Å². The summed E-state index contributed by atoms with van der Waals surface area (Å²) in [6, 6.07) is 14.1. The average Bonchev–Trinajstić information content (AvgIpc) is 2.46. The Balaban J connectivity index is 1.88. The first kappa shape index (κ1) is 16.5. The van der Waals surface area contributed by atoms with E-state index in [0.29, 0.717) is 18.0 Å². The fourth-order valence-corrected chi connectivity index (χ4v) is 3.45. The summed E-state index contributed by atoms with van der Waals surface area (Å²) in [7, 11) is -3.45. The summed E-state index contributed by atoms with van der Waals surface area (Å²) in [5.41, 5.74) is 1.03. The molecule has 0 aliphatic rings. The maximum Gasteiger partial charge on any atom is 0.240 e. The third-order valence-corrected chi connectivity index (χ3v) is 5.37. The Hall–Kier alpha value is -0.880. The van der Waals surface area contributed by atoms with Crippen LogP contribution in [0.3, 0.4) is 0 Å². The highest BCUT2D eigenvalue weighted by atomic mass is 79.9. The molecular formula is C15H15BrClNO2S. The van der Waals surface area contributed by atoms with E-state index in [9.17, 15) is 8.42 Å². The Morgan fingerprint density at radius 2 is 1.71 bits per heavy atom. The maximum atomic E-state index is 12.1. The summed E-state index contributed by atoms with van der Waals surface area (Å²) < 4.78 is 27.6. The van der Waals surface area contributed by atoms with Gasteiger partial charge in [-0.15, -0.1) is 0 Å². The first-order valence-electron chi connectivity index (χ1n) is 6.48. The van der Waals surface area contributed by atoms with Crippen molar-refractivity contribution in [2.75, 3.05) is 6.54 Å². The number of hydrogen-bond acceptors (Lipinski definition) is 2. The molecule has 6 heteroatoms. The number of benzene rings is 2. The molecule has 2 aromatic rings. The Morgan fingerprint density at radius 3 is 2.38 bits per heavy atom. The normalized spacial score (nSPS) is 11.5. The van der Waals surface area contributed by atoms with Crippen LogP contribution >= 0.6 is 27.5 Å². The molecule has 21 heavy (non-hydrogen) atoms. The highest BCUT2D eigenvalue weighted by Crippen LogP contribution is 2.17. The minimum Gasteiger partial charge on any atom is -0.211 e. The number of sulfonamides is 1. The molecule has 0 aliphatic carbocycles. The molecule has 0 fully saturated rings. The summed E-state index contributed by atoms with van der Waals surface area (Å²) in [6.45, 7) is 0.379. The van der Waals surface area contributed by atoms with Gasteiger partial charge in [0, 0.05) is 16.0 Å². The van der Waals surface area contributed by atoms with E-state index < -0.39 is 10.0 Å². The lowest BCUT2D eigenvalue weighted by molar-refractivity contribution is 0.579. The summed E-state index contributed by atoms with van der Waals surface area (Å²) in [4.78, 5) is 0.267. The molecular weight excluding hydrogens is 374 g/mol. The van der Waals surface area contributed by atoms with Gasteiger partial charge in [-0.3, -0.25) is 0 Å². The Labute approximate surface area is 138 Å². The number of halogens is 2. The molecule has 0 saturated carbocycles. The molecule has 0 amide bonds. The molecule has 1 N–H and O–H groups in total. The van der Waals surface area contributed by atoms with Crippen molar-refractivity contribution in [3.05, 3.63) is 63.6 Å². The molecule has 3 nitrogen and oxygen atoms in total. The average molecular weight is 389 g/mol. The molecule has 2 rings (SSSR count). The Morgan fingerprint density at radius 1 is 1.05 bits per heavy atom. The molecule has 0 heterocycles. The van der Waals surface area contributed by atoms with E-state index >= 15 is 0 Å². The molecule has 0 aliphatic heterocycles. The molecule has 0 bridgehead atoms. The van der Waals surface area contributed by atoms with Crippen LogP contribution in [0, 0.1) is 0 Å². The van der Waals surface area contributed by atoms with Gasteiger partial charge in [0.1, 0.15) is 0 Å². The second-order valence-corrected chi connectivity index (χ2v) is 7.64. The molecule has 0 saturated heterocycles. The lowest BCUT2D eigenvalue weighted by Crippen LogP contribution is -2.25. The molecule has 112 valence electrons. The first-order chi connectivity index (χ1) is 9.99. The molecule has 0 aromatic heterocycles. The zero-order valence-electron chi connectivity index (χ0n) is 11.2. The van der Waals surface area contributed by atoms with Gasteiger partial charge in [-0.25, -0.2) is 13.1 Å². The van der Waals surface area contributed by atoms with E-state index in [1.54, 1.807) is 24.3 Å². The highest BCUT2D eigenvalue weighted by molar-refractivity contribution is 9.10. The Bertz CT molecular complexity index is 702. The van der Waals surface area contributed by atoms with E-state index in [1.807, 2.05) is 24.3 Å². The fourth-order valence-electron chi connectivity index (χ4n) is 1.88. The second-order valence-electron chi connectivity index (χ2n) is 4.55. The maximum absolute atomic E-state index is 12.1. The number of rotatable bonds is 6. The summed E-state index contributed by atoms with van der Waals surface area (Å²) >= 11 is 9.34. The van der Waals surface area contributed by atoms with Gasteiger partial charge in [0.25, 0.3) is 0 Å². The summed E-state index contributed by atoms with van der Waals surface area (Å²) in [5.74, 6) is 0. The lowest BCUT2D eigenvalue weighted by atomic mass is 10.1. The minimum atomic E-state index is -3.45. The van der Waals surface area contributed by atoms with Crippen LogP contribution in [0.5, 0.6) is 0 Å². The first-order valence-corrected chi connectivity index (χ1v) is 9.13.